The van der Waals surface area contributed by atoms with E-state index in [2.05, 4.69) is 17.1 Å². The van der Waals surface area contributed by atoms with Crippen LogP contribution in [0.1, 0.15) is 58.3 Å². The summed E-state index contributed by atoms with van der Waals surface area (Å²) in [6.07, 6.45) is 10.5. The standard InChI is InChI=1S/C15H24N2O/c1-10(11-6-7-11)17-13(12-4-2-3-5-12)16-15(8-9-15)14(17)18/h10-13,16H,2-9H2,1H3. The molecule has 3 heteroatoms. The van der Waals surface area contributed by atoms with Gasteiger partial charge in [-0.15, -0.1) is 0 Å². The van der Waals surface area contributed by atoms with Crippen LogP contribution in [0.3, 0.4) is 0 Å². The largest absolute Gasteiger partial charge is 0.322 e. The summed E-state index contributed by atoms with van der Waals surface area (Å²) < 4.78 is 0. The van der Waals surface area contributed by atoms with E-state index >= 15 is 0 Å². The van der Waals surface area contributed by atoms with Gasteiger partial charge in [0.2, 0.25) is 5.91 Å². The summed E-state index contributed by atoms with van der Waals surface area (Å²) in [5.41, 5.74) is -0.115. The molecule has 4 fully saturated rings. The van der Waals surface area contributed by atoms with Gasteiger partial charge in [-0.1, -0.05) is 12.8 Å². The molecule has 1 spiro atoms. The monoisotopic (exact) mass is 248 g/mol. The highest BCUT2D eigenvalue weighted by molar-refractivity contribution is 5.92. The minimum absolute atomic E-state index is 0.115. The van der Waals surface area contributed by atoms with Crippen molar-refractivity contribution in [2.75, 3.05) is 0 Å². The molecular formula is C15H24N2O. The molecule has 3 saturated carbocycles. The predicted molar refractivity (Wildman–Crippen MR) is 69.9 cm³/mol. The van der Waals surface area contributed by atoms with E-state index in [0.717, 1.165) is 24.7 Å². The Hall–Kier alpha value is -0.570. The Labute approximate surface area is 109 Å². The number of nitrogens with one attached hydrogen (secondary N) is 1. The van der Waals surface area contributed by atoms with Crippen LogP contribution >= 0.6 is 0 Å². The number of hydrogen-bond acceptors (Lipinski definition) is 2. The molecule has 0 bridgehead atoms. The van der Waals surface area contributed by atoms with Gasteiger partial charge in [0.25, 0.3) is 0 Å². The lowest BCUT2D eigenvalue weighted by atomic mass is 10.0. The fourth-order valence-electron chi connectivity index (χ4n) is 4.13. The fraction of sp³-hybridized carbons (Fsp3) is 0.933. The molecule has 1 saturated heterocycles. The Morgan fingerprint density at radius 3 is 2.44 bits per heavy atom. The first-order valence-electron chi connectivity index (χ1n) is 7.82. The first-order chi connectivity index (χ1) is 8.71. The molecule has 0 aromatic heterocycles. The van der Waals surface area contributed by atoms with Crippen LogP contribution in [0.25, 0.3) is 0 Å². The van der Waals surface area contributed by atoms with Gasteiger partial charge < -0.3 is 4.90 Å². The number of carbonyl (C=O) groups excluding carboxylic acids is 1. The number of rotatable bonds is 3. The maximum Gasteiger partial charge on any atom is 0.244 e. The van der Waals surface area contributed by atoms with Crippen LogP contribution in [0, 0.1) is 11.8 Å². The molecular weight excluding hydrogens is 224 g/mol. The Morgan fingerprint density at radius 2 is 1.89 bits per heavy atom. The molecule has 1 N–H and O–H groups in total. The molecule has 0 aromatic rings. The fourth-order valence-corrected chi connectivity index (χ4v) is 4.13. The second-order valence-electron chi connectivity index (χ2n) is 7.01. The van der Waals surface area contributed by atoms with Crippen molar-refractivity contribution in [2.45, 2.75) is 76.0 Å². The molecule has 1 aliphatic heterocycles. The summed E-state index contributed by atoms with van der Waals surface area (Å²) >= 11 is 0. The second-order valence-corrected chi connectivity index (χ2v) is 7.01. The first-order valence-corrected chi connectivity index (χ1v) is 7.82. The van der Waals surface area contributed by atoms with Gasteiger partial charge in [0.1, 0.15) is 0 Å². The molecule has 2 atom stereocenters. The van der Waals surface area contributed by atoms with Crippen molar-refractivity contribution in [2.24, 2.45) is 11.8 Å². The van der Waals surface area contributed by atoms with E-state index in [0.29, 0.717) is 18.1 Å². The van der Waals surface area contributed by atoms with E-state index in [1.54, 1.807) is 0 Å². The van der Waals surface area contributed by atoms with Crippen LogP contribution in [-0.2, 0) is 4.79 Å². The zero-order valence-corrected chi connectivity index (χ0v) is 11.3. The summed E-state index contributed by atoms with van der Waals surface area (Å²) in [7, 11) is 0. The highest BCUT2D eigenvalue weighted by atomic mass is 16.2. The molecule has 4 rings (SSSR count). The van der Waals surface area contributed by atoms with Crippen LogP contribution < -0.4 is 5.32 Å². The summed E-state index contributed by atoms with van der Waals surface area (Å²) in [6, 6.07) is 0.468. The topological polar surface area (TPSA) is 32.3 Å². The first kappa shape index (κ1) is 11.3. The molecule has 0 aromatic carbocycles. The van der Waals surface area contributed by atoms with Crippen molar-refractivity contribution in [1.29, 1.82) is 0 Å². The Balaban J connectivity index is 1.60. The lowest BCUT2D eigenvalue weighted by Gasteiger charge is -2.34. The SMILES string of the molecule is CC(C1CC1)N1C(=O)C2(CC2)NC1C1CCCC1. The molecule has 4 aliphatic rings. The van der Waals surface area contributed by atoms with Gasteiger partial charge >= 0.3 is 0 Å². The van der Waals surface area contributed by atoms with Gasteiger partial charge in [-0.3, -0.25) is 10.1 Å². The van der Waals surface area contributed by atoms with Gasteiger partial charge in [-0.2, -0.15) is 0 Å². The molecule has 2 unspecified atom stereocenters. The highest BCUT2D eigenvalue weighted by Gasteiger charge is 2.61. The number of carbonyl (C=O) groups is 1. The number of hydrogen-bond donors (Lipinski definition) is 1. The van der Waals surface area contributed by atoms with Crippen LogP contribution in [-0.4, -0.2) is 28.6 Å². The zero-order chi connectivity index (χ0) is 12.3. The van der Waals surface area contributed by atoms with E-state index in [1.165, 1.54) is 38.5 Å². The lowest BCUT2D eigenvalue weighted by molar-refractivity contribution is -0.133. The summed E-state index contributed by atoms with van der Waals surface area (Å²) in [5, 5.41) is 3.72. The molecule has 100 valence electrons. The number of nitrogens with zero attached hydrogens (tertiary/aromatic N) is 1. The van der Waals surface area contributed by atoms with Crippen molar-refractivity contribution in [1.82, 2.24) is 10.2 Å². The molecule has 1 amide bonds. The second kappa shape index (κ2) is 3.72. The van der Waals surface area contributed by atoms with Gasteiger partial charge in [-0.25, -0.2) is 0 Å². The van der Waals surface area contributed by atoms with Gasteiger partial charge in [0, 0.05) is 6.04 Å². The maximum atomic E-state index is 12.7. The van der Waals surface area contributed by atoms with E-state index in [9.17, 15) is 4.79 Å². The van der Waals surface area contributed by atoms with Gasteiger partial charge in [0.15, 0.2) is 0 Å². The van der Waals surface area contributed by atoms with Gasteiger partial charge in [-0.05, 0) is 57.3 Å². The summed E-state index contributed by atoms with van der Waals surface area (Å²) in [6.45, 7) is 2.28. The maximum absolute atomic E-state index is 12.7. The van der Waals surface area contributed by atoms with Crippen LogP contribution in [0.5, 0.6) is 0 Å². The smallest absolute Gasteiger partial charge is 0.244 e. The molecule has 1 heterocycles. The average Bonchev–Trinajstić information content (AvgIpc) is 3.26. The minimum Gasteiger partial charge on any atom is -0.322 e. The normalized spacial score (nSPS) is 36.6. The Kier molecular flexibility index (Phi) is 2.33. The third-order valence-electron chi connectivity index (χ3n) is 5.71. The van der Waals surface area contributed by atoms with Crippen LogP contribution in [0.15, 0.2) is 0 Å². The van der Waals surface area contributed by atoms with E-state index in [1.807, 2.05) is 0 Å². The highest BCUT2D eigenvalue weighted by Crippen LogP contribution is 2.48. The van der Waals surface area contributed by atoms with Crippen molar-refractivity contribution >= 4 is 5.91 Å². The zero-order valence-electron chi connectivity index (χ0n) is 11.3. The van der Waals surface area contributed by atoms with Gasteiger partial charge in [0.05, 0.1) is 11.7 Å². The molecule has 3 nitrogen and oxygen atoms in total. The molecule has 18 heavy (non-hydrogen) atoms. The van der Waals surface area contributed by atoms with Crippen molar-refractivity contribution in [3.8, 4) is 0 Å². The van der Waals surface area contributed by atoms with E-state index in [4.69, 9.17) is 0 Å². The quantitative estimate of drug-likeness (QED) is 0.831. The average molecular weight is 248 g/mol. The Bertz CT molecular complexity index is 367. The lowest BCUT2D eigenvalue weighted by Crippen LogP contribution is -2.47. The van der Waals surface area contributed by atoms with Crippen molar-refractivity contribution in [3.63, 3.8) is 0 Å². The van der Waals surface area contributed by atoms with E-state index < -0.39 is 0 Å². The molecule has 3 aliphatic carbocycles. The summed E-state index contributed by atoms with van der Waals surface area (Å²) in [5.74, 6) is 1.93. The molecule has 0 radical (unpaired) electrons. The van der Waals surface area contributed by atoms with Crippen LogP contribution in [0.2, 0.25) is 0 Å². The van der Waals surface area contributed by atoms with Crippen LogP contribution in [0.4, 0.5) is 0 Å². The van der Waals surface area contributed by atoms with E-state index in [-0.39, 0.29) is 5.54 Å². The predicted octanol–water partition coefficient (Wildman–Crippen LogP) is 2.27. The number of amides is 1. The summed E-state index contributed by atoms with van der Waals surface area (Å²) in [4.78, 5) is 15.0. The van der Waals surface area contributed by atoms with Crippen molar-refractivity contribution < 1.29 is 4.79 Å². The third-order valence-corrected chi connectivity index (χ3v) is 5.71. The van der Waals surface area contributed by atoms with Crippen molar-refractivity contribution in [3.05, 3.63) is 0 Å². The Morgan fingerprint density at radius 1 is 1.22 bits per heavy atom. The third kappa shape index (κ3) is 1.56. The minimum atomic E-state index is -0.115.